The second kappa shape index (κ2) is 7.81. The Balaban J connectivity index is 0.00000264. The Hall–Kier alpha value is -1.57. The molecule has 23 heavy (non-hydrogen) atoms. The fraction of sp³-hybridized carbons (Fsp3) is 0.286. The van der Waals surface area contributed by atoms with E-state index in [1.807, 2.05) is 0 Å². The molecule has 0 spiro atoms. The lowest BCUT2D eigenvalue weighted by molar-refractivity contribution is -0.0884. The summed E-state index contributed by atoms with van der Waals surface area (Å²) in [6.45, 7) is 0.723. The van der Waals surface area contributed by atoms with Crippen molar-refractivity contribution < 1.29 is 18.0 Å². The van der Waals surface area contributed by atoms with Crippen molar-refractivity contribution in [2.45, 2.75) is 12.6 Å². The zero-order valence-electron chi connectivity index (χ0n) is 11.8. The van der Waals surface area contributed by atoms with Crippen molar-refractivity contribution in [1.82, 2.24) is 4.98 Å². The zero-order chi connectivity index (χ0) is 16.3. The predicted molar refractivity (Wildman–Crippen MR) is 86.5 cm³/mol. The van der Waals surface area contributed by atoms with Crippen LogP contribution in [-0.4, -0.2) is 30.0 Å². The van der Waals surface area contributed by atoms with Gasteiger partial charge in [-0.2, -0.15) is 13.2 Å². The number of hydrogen-bond donors (Lipinski definition) is 2. The van der Waals surface area contributed by atoms with E-state index in [2.05, 4.69) is 10.3 Å². The van der Waals surface area contributed by atoms with Gasteiger partial charge in [-0.3, -0.25) is 9.78 Å². The number of ketones is 1. The normalized spacial score (nSPS) is 11.2. The zero-order valence-corrected chi connectivity index (χ0v) is 13.4. The summed E-state index contributed by atoms with van der Waals surface area (Å²) in [5.41, 5.74) is 5.36. The molecular weight excluding hydrogens is 354 g/mol. The standard InChI is InChI=1S/C14H13ClF3N3O.ClH/c15-8-2-3-9-11(6-8)21-7-10(13(22)14(16,17)18)12(9)20-5-1-4-19;/h2-3,6-7H,1,4-5,19H2,(H,20,21);1H. The molecule has 0 saturated carbocycles. The average Bonchev–Trinajstić information content (AvgIpc) is 2.45. The molecule has 0 bridgehead atoms. The van der Waals surface area contributed by atoms with Gasteiger partial charge in [0.1, 0.15) is 0 Å². The number of hydrogen-bond acceptors (Lipinski definition) is 4. The second-order valence-corrected chi connectivity index (χ2v) is 5.04. The number of nitrogens with two attached hydrogens (primary N) is 1. The molecule has 0 amide bonds. The van der Waals surface area contributed by atoms with Crippen LogP contribution in [0.15, 0.2) is 24.4 Å². The lowest BCUT2D eigenvalue weighted by Gasteiger charge is -2.15. The van der Waals surface area contributed by atoms with Gasteiger partial charge >= 0.3 is 6.18 Å². The number of carbonyl (C=O) groups is 1. The minimum absolute atomic E-state index is 0. The molecule has 3 N–H and O–H groups in total. The lowest BCUT2D eigenvalue weighted by Crippen LogP contribution is -2.24. The molecule has 0 radical (unpaired) electrons. The number of halogens is 5. The third kappa shape index (κ3) is 4.46. The van der Waals surface area contributed by atoms with E-state index in [9.17, 15) is 18.0 Å². The molecule has 2 aromatic rings. The van der Waals surface area contributed by atoms with Crippen LogP contribution in [0.3, 0.4) is 0 Å². The quantitative estimate of drug-likeness (QED) is 0.622. The summed E-state index contributed by atoms with van der Waals surface area (Å²) in [6.07, 6.45) is -3.50. The first-order valence-electron chi connectivity index (χ1n) is 6.48. The topological polar surface area (TPSA) is 68.0 Å². The SMILES string of the molecule is Cl.NCCCNc1c(C(=O)C(F)(F)F)cnc2cc(Cl)ccc12. The maximum atomic E-state index is 12.7. The maximum Gasteiger partial charge on any atom is 0.455 e. The van der Waals surface area contributed by atoms with Crippen molar-refractivity contribution in [3.8, 4) is 0 Å². The summed E-state index contributed by atoms with van der Waals surface area (Å²) in [6, 6.07) is 4.58. The number of alkyl halides is 3. The molecule has 0 fully saturated rings. The summed E-state index contributed by atoms with van der Waals surface area (Å²) in [7, 11) is 0. The van der Waals surface area contributed by atoms with E-state index in [4.69, 9.17) is 17.3 Å². The highest BCUT2D eigenvalue weighted by Crippen LogP contribution is 2.32. The van der Waals surface area contributed by atoms with Crippen molar-refractivity contribution >= 4 is 46.4 Å². The maximum absolute atomic E-state index is 12.7. The predicted octanol–water partition coefficient (Wildman–Crippen LogP) is 3.82. The number of fused-ring (bicyclic) bond motifs is 1. The van der Waals surface area contributed by atoms with Crippen molar-refractivity contribution in [2.24, 2.45) is 5.73 Å². The summed E-state index contributed by atoms with van der Waals surface area (Å²) >= 11 is 5.85. The molecule has 1 aromatic carbocycles. The minimum Gasteiger partial charge on any atom is -0.384 e. The van der Waals surface area contributed by atoms with E-state index in [1.165, 1.54) is 18.2 Å². The van der Waals surface area contributed by atoms with Crippen molar-refractivity contribution in [2.75, 3.05) is 18.4 Å². The van der Waals surface area contributed by atoms with Gasteiger partial charge in [0.15, 0.2) is 0 Å². The van der Waals surface area contributed by atoms with Gasteiger partial charge in [-0.05, 0) is 31.2 Å². The first-order valence-corrected chi connectivity index (χ1v) is 6.86. The molecule has 1 aromatic heterocycles. The number of aromatic nitrogens is 1. The molecule has 2 rings (SSSR count). The Kier molecular flexibility index (Phi) is 6.61. The third-order valence-electron chi connectivity index (χ3n) is 3.02. The van der Waals surface area contributed by atoms with E-state index in [1.54, 1.807) is 0 Å². The molecule has 0 atom stereocenters. The Labute approximate surface area is 141 Å². The highest BCUT2D eigenvalue weighted by Gasteiger charge is 2.41. The molecule has 126 valence electrons. The molecular formula is C14H14Cl2F3N3O. The summed E-state index contributed by atoms with van der Waals surface area (Å²) in [4.78, 5) is 15.5. The minimum atomic E-state index is -4.97. The molecule has 9 heteroatoms. The van der Waals surface area contributed by atoms with Gasteiger partial charge in [0.2, 0.25) is 0 Å². The van der Waals surface area contributed by atoms with Gasteiger partial charge in [0, 0.05) is 23.2 Å². The fourth-order valence-electron chi connectivity index (χ4n) is 2.00. The number of rotatable bonds is 5. The van der Waals surface area contributed by atoms with Crippen molar-refractivity contribution in [3.05, 3.63) is 35.0 Å². The van der Waals surface area contributed by atoms with E-state index < -0.39 is 17.5 Å². The lowest BCUT2D eigenvalue weighted by atomic mass is 10.1. The van der Waals surface area contributed by atoms with Gasteiger partial charge in [-0.15, -0.1) is 12.4 Å². The second-order valence-electron chi connectivity index (χ2n) is 4.60. The fourth-order valence-corrected chi connectivity index (χ4v) is 2.16. The van der Waals surface area contributed by atoms with Crippen molar-refractivity contribution in [3.63, 3.8) is 0 Å². The van der Waals surface area contributed by atoms with Gasteiger partial charge in [0.25, 0.3) is 5.78 Å². The average molecular weight is 368 g/mol. The van der Waals surface area contributed by atoms with E-state index in [0.29, 0.717) is 35.4 Å². The van der Waals surface area contributed by atoms with E-state index >= 15 is 0 Å². The molecule has 4 nitrogen and oxygen atoms in total. The van der Waals surface area contributed by atoms with Crippen LogP contribution in [0, 0.1) is 0 Å². The number of nitrogens with zero attached hydrogens (tertiary/aromatic N) is 1. The third-order valence-corrected chi connectivity index (χ3v) is 3.25. The van der Waals surface area contributed by atoms with Crippen LogP contribution >= 0.6 is 24.0 Å². The van der Waals surface area contributed by atoms with Gasteiger partial charge < -0.3 is 11.1 Å². The molecule has 0 aliphatic heterocycles. The van der Waals surface area contributed by atoms with Crippen LogP contribution in [0.2, 0.25) is 5.02 Å². The molecule has 0 saturated heterocycles. The van der Waals surface area contributed by atoms with E-state index in [0.717, 1.165) is 6.20 Å². The largest absolute Gasteiger partial charge is 0.455 e. The van der Waals surface area contributed by atoms with Gasteiger partial charge in [-0.1, -0.05) is 11.6 Å². The smallest absolute Gasteiger partial charge is 0.384 e. The van der Waals surface area contributed by atoms with Crippen LogP contribution in [0.5, 0.6) is 0 Å². The molecule has 0 aliphatic rings. The summed E-state index contributed by atoms with van der Waals surface area (Å²) in [5.74, 6) is -1.94. The molecule has 0 aliphatic carbocycles. The number of nitrogens with one attached hydrogen (secondary N) is 1. The summed E-state index contributed by atoms with van der Waals surface area (Å²) in [5, 5.41) is 3.65. The monoisotopic (exact) mass is 367 g/mol. The van der Waals surface area contributed by atoms with Gasteiger partial charge in [0.05, 0.1) is 16.8 Å². The Morgan fingerprint density at radius 1 is 1.35 bits per heavy atom. The number of anilines is 1. The van der Waals surface area contributed by atoms with Crippen LogP contribution in [0.4, 0.5) is 18.9 Å². The van der Waals surface area contributed by atoms with Crippen LogP contribution in [0.1, 0.15) is 16.8 Å². The van der Waals surface area contributed by atoms with Gasteiger partial charge in [-0.25, -0.2) is 0 Å². The molecule has 1 heterocycles. The number of pyridine rings is 1. The Bertz CT molecular complexity index is 707. The van der Waals surface area contributed by atoms with Crippen LogP contribution < -0.4 is 11.1 Å². The first-order chi connectivity index (χ1) is 10.3. The highest BCUT2D eigenvalue weighted by atomic mass is 35.5. The van der Waals surface area contributed by atoms with Crippen LogP contribution in [-0.2, 0) is 0 Å². The Morgan fingerprint density at radius 2 is 2.04 bits per heavy atom. The number of benzene rings is 1. The van der Waals surface area contributed by atoms with E-state index in [-0.39, 0.29) is 18.1 Å². The Morgan fingerprint density at radius 3 is 2.65 bits per heavy atom. The number of carbonyl (C=O) groups excluding carboxylic acids is 1. The summed E-state index contributed by atoms with van der Waals surface area (Å²) < 4.78 is 38.2. The molecule has 0 unspecified atom stereocenters. The number of Topliss-reactive ketones (excluding diaryl/α,β-unsaturated/α-hetero) is 1. The van der Waals surface area contributed by atoms with Crippen molar-refractivity contribution in [1.29, 1.82) is 0 Å². The first kappa shape index (κ1) is 19.5. The van der Waals surface area contributed by atoms with Crippen LogP contribution in [0.25, 0.3) is 10.9 Å². The highest BCUT2D eigenvalue weighted by molar-refractivity contribution is 6.31.